The molecule has 0 atom stereocenters. The van der Waals surface area contributed by atoms with E-state index in [1.54, 1.807) is 4.90 Å². The lowest BCUT2D eigenvalue weighted by Crippen LogP contribution is -2.30. The monoisotopic (exact) mass is 264 g/mol. The molecule has 1 N–H and O–H groups in total. The molecular formula is C17H16N2O. The third-order valence-electron chi connectivity index (χ3n) is 3.43. The molecule has 3 nitrogen and oxygen atoms in total. The lowest BCUT2D eigenvalue weighted by atomic mass is 10.1. The van der Waals surface area contributed by atoms with Gasteiger partial charge in [0, 0.05) is 29.5 Å². The molecule has 0 radical (unpaired) electrons. The summed E-state index contributed by atoms with van der Waals surface area (Å²) in [5.74, 6) is 0.0269. The van der Waals surface area contributed by atoms with Crippen LogP contribution in [0.25, 0.3) is 10.9 Å². The number of nitrogens with zero attached hydrogens (tertiary/aromatic N) is 1. The lowest BCUT2D eigenvalue weighted by Gasteiger charge is -2.21. The zero-order chi connectivity index (χ0) is 13.9. The van der Waals surface area contributed by atoms with Crippen molar-refractivity contribution >= 4 is 22.5 Å². The minimum Gasteiger partial charge on any atom is -0.361 e. The molecule has 0 aliphatic carbocycles. The fourth-order valence-electron chi connectivity index (χ4n) is 2.38. The van der Waals surface area contributed by atoms with Crippen LogP contribution in [0.3, 0.4) is 0 Å². The number of carbonyl (C=O) groups excluding carboxylic acids is 1. The number of fused-ring (bicyclic) bond motifs is 1. The van der Waals surface area contributed by atoms with E-state index in [1.165, 1.54) is 0 Å². The molecule has 0 bridgehead atoms. The van der Waals surface area contributed by atoms with Gasteiger partial charge in [0.1, 0.15) is 0 Å². The largest absolute Gasteiger partial charge is 0.361 e. The second kappa shape index (κ2) is 5.21. The molecule has 0 aliphatic heterocycles. The number of rotatable bonds is 3. The van der Waals surface area contributed by atoms with Crippen LogP contribution in [-0.2, 0) is 0 Å². The van der Waals surface area contributed by atoms with Crippen molar-refractivity contribution in [2.75, 3.05) is 11.4 Å². The van der Waals surface area contributed by atoms with Crippen molar-refractivity contribution in [1.29, 1.82) is 0 Å². The first-order valence-electron chi connectivity index (χ1n) is 6.73. The number of aromatic nitrogens is 1. The average Bonchev–Trinajstić information content (AvgIpc) is 2.96. The molecule has 0 spiro atoms. The molecule has 1 amide bonds. The van der Waals surface area contributed by atoms with E-state index in [4.69, 9.17) is 0 Å². The molecule has 3 heteroatoms. The summed E-state index contributed by atoms with van der Waals surface area (Å²) in [5.41, 5.74) is 2.67. The summed E-state index contributed by atoms with van der Waals surface area (Å²) >= 11 is 0. The normalized spacial score (nSPS) is 10.7. The highest BCUT2D eigenvalue weighted by Gasteiger charge is 2.16. The average molecular weight is 264 g/mol. The maximum absolute atomic E-state index is 12.6. The van der Waals surface area contributed by atoms with E-state index in [1.807, 2.05) is 67.7 Å². The van der Waals surface area contributed by atoms with Crippen LogP contribution in [0.5, 0.6) is 0 Å². The van der Waals surface area contributed by atoms with Gasteiger partial charge in [-0.2, -0.15) is 0 Å². The Hall–Kier alpha value is -2.55. The van der Waals surface area contributed by atoms with Gasteiger partial charge in [0.15, 0.2) is 0 Å². The van der Waals surface area contributed by atoms with Gasteiger partial charge in [-0.15, -0.1) is 0 Å². The van der Waals surface area contributed by atoms with Crippen molar-refractivity contribution in [2.45, 2.75) is 6.92 Å². The number of H-pyrrole nitrogens is 1. The van der Waals surface area contributed by atoms with Crippen molar-refractivity contribution in [2.24, 2.45) is 0 Å². The zero-order valence-electron chi connectivity index (χ0n) is 11.3. The van der Waals surface area contributed by atoms with Crippen molar-refractivity contribution in [3.63, 3.8) is 0 Å². The Morgan fingerprint density at radius 3 is 2.65 bits per heavy atom. The fourth-order valence-corrected chi connectivity index (χ4v) is 2.38. The molecule has 0 saturated heterocycles. The van der Waals surface area contributed by atoms with Crippen molar-refractivity contribution in [3.8, 4) is 0 Å². The Kier molecular flexibility index (Phi) is 3.25. The van der Waals surface area contributed by atoms with E-state index >= 15 is 0 Å². The second-order valence-corrected chi connectivity index (χ2v) is 4.66. The van der Waals surface area contributed by atoms with Crippen LogP contribution in [0, 0.1) is 0 Å². The number of hydrogen-bond acceptors (Lipinski definition) is 1. The molecule has 0 saturated carbocycles. The van der Waals surface area contributed by atoms with E-state index in [2.05, 4.69) is 4.98 Å². The van der Waals surface area contributed by atoms with Crippen LogP contribution < -0.4 is 4.90 Å². The van der Waals surface area contributed by atoms with E-state index in [9.17, 15) is 4.79 Å². The SMILES string of the molecule is CCN(C(=O)c1ccccc1)c1ccc2cc[nH]c2c1. The van der Waals surface area contributed by atoms with Crippen molar-refractivity contribution in [1.82, 2.24) is 4.98 Å². The van der Waals surface area contributed by atoms with Crippen molar-refractivity contribution < 1.29 is 4.79 Å². The van der Waals surface area contributed by atoms with Gasteiger partial charge in [-0.05, 0) is 42.6 Å². The topological polar surface area (TPSA) is 36.1 Å². The third kappa shape index (κ3) is 2.18. The van der Waals surface area contributed by atoms with Gasteiger partial charge in [0.25, 0.3) is 5.91 Å². The number of carbonyl (C=O) groups is 1. The Morgan fingerprint density at radius 2 is 1.90 bits per heavy atom. The Morgan fingerprint density at radius 1 is 1.10 bits per heavy atom. The molecule has 3 rings (SSSR count). The van der Waals surface area contributed by atoms with Gasteiger partial charge >= 0.3 is 0 Å². The Bertz CT molecular complexity index is 731. The number of nitrogens with one attached hydrogen (secondary N) is 1. The first-order chi connectivity index (χ1) is 9.79. The summed E-state index contributed by atoms with van der Waals surface area (Å²) < 4.78 is 0. The highest BCUT2D eigenvalue weighted by Crippen LogP contribution is 2.22. The molecule has 2 aromatic carbocycles. The highest BCUT2D eigenvalue weighted by atomic mass is 16.2. The summed E-state index contributed by atoms with van der Waals surface area (Å²) in [4.78, 5) is 17.5. The number of benzene rings is 2. The fraction of sp³-hybridized carbons (Fsp3) is 0.118. The standard InChI is InChI=1S/C17H16N2O/c1-2-19(17(20)14-6-4-3-5-7-14)15-9-8-13-10-11-18-16(13)12-15/h3-12,18H,2H2,1H3. The first-order valence-corrected chi connectivity index (χ1v) is 6.73. The highest BCUT2D eigenvalue weighted by molar-refractivity contribution is 6.06. The van der Waals surface area contributed by atoms with Crippen molar-refractivity contribution in [3.05, 3.63) is 66.4 Å². The van der Waals surface area contributed by atoms with E-state index < -0.39 is 0 Å². The minimum atomic E-state index is 0.0269. The molecule has 0 fully saturated rings. The first kappa shape index (κ1) is 12.5. The predicted octanol–water partition coefficient (Wildman–Crippen LogP) is 3.83. The maximum atomic E-state index is 12.6. The summed E-state index contributed by atoms with van der Waals surface area (Å²) in [5, 5.41) is 1.15. The summed E-state index contributed by atoms with van der Waals surface area (Å²) in [6, 6.07) is 17.4. The molecule has 100 valence electrons. The lowest BCUT2D eigenvalue weighted by molar-refractivity contribution is 0.0988. The van der Waals surface area contributed by atoms with E-state index in [0.717, 1.165) is 16.6 Å². The van der Waals surface area contributed by atoms with Gasteiger partial charge in [0.05, 0.1) is 0 Å². The quantitative estimate of drug-likeness (QED) is 0.766. The molecule has 3 aromatic rings. The summed E-state index contributed by atoms with van der Waals surface area (Å²) in [6.45, 7) is 2.62. The van der Waals surface area contributed by atoms with Gasteiger partial charge in [-0.1, -0.05) is 24.3 Å². The molecule has 20 heavy (non-hydrogen) atoms. The molecule has 1 heterocycles. The van der Waals surface area contributed by atoms with E-state index in [0.29, 0.717) is 12.1 Å². The maximum Gasteiger partial charge on any atom is 0.258 e. The summed E-state index contributed by atoms with van der Waals surface area (Å²) in [6.07, 6.45) is 1.91. The van der Waals surface area contributed by atoms with Crippen LogP contribution in [0.15, 0.2) is 60.8 Å². The number of aromatic amines is 1. The zero-order valence-corrected chi connectivity index (χ0v) is 11.3. The van der Waals surface area contributed by atoms with Gasteiger partial charge in [0.2, 0.25) is 0 Å². The predicted molar refractivity (Wildman–Crippen MR) is 82.1 cm³/mol. The molecular weight excluding hydrogens is 248 g/mol. The van der Waals surface area contributed by atoms with E-state index in [-0.39, 0.29) is 5.91 Å². The van der Waals surface area contributed by atoms with Crippen LogP contribution >= 0.6 is 0 Å². The minimum absolute atomic E-state index is 0.0269. The van der Waals surface area contributed by atoms with Gasteiger partial charge in [-0.25, -0.2) is 0 Å². The molecule has 0 unspecified atom stereocenters. The van der Waals surface area contributed by atoms with Crippen LogP contribution in [0.2, 0.25) is 0 Å². The number of hydrogen-bond donors (Lipinski definition) is 1. The van der Waals surface area contributed by atoms with Gasteiger partial charge < -0.3 is 9.88 Å². The summed E-state index contributed by atoms with van der Waals surface area (Å²) in [7, 11) is 0. The number of amides is 1. The van der Waals surface area contributed by atoms with Crippen LogP contribution in [0.4, 0.5) is 5.69 Å². The Balaban J connectivity index is 1.98. The van der Waals surface area contributed by atoms with Crippen LogP contribution in [0.1, 0.15) is 17.3 Å². The van der Waals surface area contributed by atoms with Crippen LogP contribution in [-0.4, -0.2) is 17.4 Å². The number of anilines is 1. The third-order valence-corrected chi connectivity index (χ3v) is 3.43. The van der Waals surface area contributed by atoms with Gasteiger partial charge in [-0.3, -0.25) is 4.79 Å². The second-order valence-electron chi connectivity index (χ2n) is 4.66. The smallest absolute Gasteiger partial charge is 0.258 e. The molecule has 1 aromatic heterocycles. The Labute approximate surface area is 117 Å². The molecule has 0 aliphatic rings.